The van der Waals surface area contributed by atoms with Crippen LogP contribution in [0.2, 0.25) is 0 Å². The molecule has 23 heavy (non-hydrogen) atoms. The molecule has 0 saturated carbocycles. The highest BCUT2D eigenvalue weighted by Gasteiger charge is 2.14. The van der Waals surface area contributed by atoms with E-state index in [0.29, 0.717) is 24.5 Å². The van der Waals surface area contributed by atoms with E-state index in [4.69, 9.17) is 19.3 Å². The van der Waals surface area contributed by atoms with Gasteiger partial charge in [0.05, 0.1) is 24.8 Å². The van der Waals surface area contributed by atoms with Gasteiger partial charge in [0.25, 0.3) is 0 Å². The first-order valence-electron chi connectivity index (χ1n) is 7.42. The fourth-order valence-corrected chi connectivity index (χ4v) is 2.32. The van der Waals surface area contributed by atoms with Crippen molar-refractivity contribution in [1.29, 1.82) is 5.26 Å². The molecule has 0 N–H and O–H groups in total. The van der Waals surface area contributed by atoms with E-state index in [9.17, 15) is 0 Å². The van der Waals surface area contributed by atoms with Crippen molar-refractivity contribution in [3.8, 4) is 6.07 Å². The number of anilines is 1. The average molecular weight is 311 g/mol. The van der Waals surface area contributed by atoms with Crippen LogP contribution < -0.4 is 4.90 Å². The van der Waals surface area contributed by atoms with Crippen molar-refractivity contribution in [2.75, 3.05) is 31.2 Å². The van der Waals surface area contributed by atoms with Crippen molar-refractivity contribution >= 4 is 12.1 Å². The Bertz CT molecular complexity index is 712. The normalized spacial score (nSPS) is 14.8. The van der Waals surface area contributed by atoms with Gasteiger partial charge in [-0.05, 0) is 12.1 Å². The molecule has 1 aliphatic heterocycles. The van der Waals surface area contributed by atoms with Gasteiger partial charge in [-0.25, -0.2) is 0 Å². The molecule has 1 fully saturated rings. The maximum Gasteiger partial charge on any atom is 0.196 e. The highest BCUT2D eigenvalue weighted by Crippen LogP contribution is 2.18. The summed E-state index contributed by atoms with van der Waals surface area (Å²) in [5, 5.41) is 12.9. The van der Waals surface area contributed by atoms with E-state index in [1.54, 1.807) is 6.07 Å². The van der Waals surface area contributed by atoms with Gasteiger partial charge in [0, 0.05) is 24.7 Å². The van der Waals surface area contributed by atoms with Gasteiger partial charge in [0.1, 0.15) is 12.8 Å². The molecule has 2 aromatic rings. The fraction of sp³-hybridized carbons (Fsp3) is 0.294. The molecule has 1 aromatic carbocycles. The highest BCUT2D eigenvalue weighted by molar-refractivity contribution is 5.76. The number of hydrogen-bond donors (Lipinski definition) is 0. The third kappa shape index (κ3) is 3.90. The molecule has 0 aliphatic carbocycles. The molecule has 0 unspecified atom stereocenters. The lowest BCUT2D eigenvalue weighted by molar-refractivity contribution is 0.120. The number of furan rings is 1. The minimum Gasteiger partial charge on any atom is -0.439 e. The van der Waals surface area contributed by atoms with E-state index < -0.39 is 0 Å². The highest BCUT2D eigenvalue weighted by atomic mass is 16.6. The van der Waals surface area contributed by atoms with E-state index >= 15 is 0 Å². The Kier molecular flexibility index (Phi) is 4.92. The zero-order chi connectivity index (χ0) is 15.9. The fourth-order valence-electron chi connectivity index (χ4n) is 2.32. The Morgan fingerprint density at radius 3 is 2.87 bits per heavy atom. The van der Waals surface area contributed by atoms with Gasteiger partial charge < -0.3 is 18.9 Å². The standard InChI is InChI=1S/C17H17N3O3/c18-11-14-3-1-2-4-15(14)13-22-19-12-16-5-6-17(23-16)20-7-9-21-10-8-20/h1-6,12H,7-10,13H2/b19-12-. The number of benzene rings is 1. The summed E-state index contributed by atoms with van der Waals surface area (Å²) in [5.74, 6) is 1.43. The van der Waals surface area contributed by atoms with Crippen LogP contribution in [0.15, 0.2) is 46.0 Å². The van der Waals surface area contributed by atoms with E-state index in [2.05, 4.69) is 16.1 Å². The summed E-state index contributed by atoms with van der Waals surface area (Å²) in [6.45, 7) is 3.32. The summed E-state index contributed by atoms with van der Waals surface area (Å²) in [4.78, 5) is 7.38. The van der Waals surface area contributed by atoms with Crippen molar-refractivity contribution in [2.24, 2.45) is 5.16 Å². The largest absolute Gasteiger partial charge is 0.439 e. The Hall–Kier alpha value is -2.78. The van der Waals surface area contributed by atoms with Crippen molar-refractivity contribution in [2.45, 2.75) is 6.61 Å². The molecule has 0 bridgehead atoms. The molecule has 1 saturated heterocycles. The maximum absolute atomic E-state index is 9.01. The summed E-state index contributed by atoms with van der Waals surface area (Å²) in [6, 6.07) is 13.2. The topological polar surface area (TPSA) is 71.0 Å². The Morgan fingerprint density at radius 1 is 1.22 bits per heavy atom. The van der Waals surface area contributed by atoms with Gasteiger partial charge in [-0.1, -0.05) is 23.4 Å². The van der Waals surface area contributed by atoms with Gasteiger partial charge in [-0.15, -0.1) is 0 Å². The number of oxime groups is 1. The zero-order valence-corrected chi connectivity index (χ0v) is 12.6. The van der Waals surface area contributed by atoms with Gasteiger partial charge in [-0.3, -0.25) is 0 Å². The second kappa shape index (κ2) is 7.47. The number of nitrogens with zero attached hydrogens (tertiary/aromatic N) is 3. The lowest BCUT2D eigenvalue weighted by Crippen LogP contribution is -2.35. The number of hydrogen-bond acceptors (Lipinski definition) is 6. The molecule has 0 radical (unpaired) electrons. The molecule has 1 aliphatic rings. The summed E-state index contributed by atoms with van der Waals surface area (Å²) in [7, 11) is 0. The molecular weight excluding hydrogens is 294 g/mol. The van der Waals surface area contributed by atoms with Gasteiger partial charge in [0.2, 0.25) is 0 Å². The molecule has 0 atom stereocenters. The van der Waals surface area contributed by atoms with Crippen LogP contribution in [0.1, 0.15) is 16.9 Å². The number of ether oxygens (including phenoxy) is 1. The predicted octanol–water partition coefficient (Wildman–Crippen LogP) is 2.54. The van der Waals surface area contributed by atoms with Crippen LogP contribution >= 0.6 is 0 Å². The van der Waals surface area contributed by atoms with Crippen LogP contribution in [0, 0.1) is 11.3 Å². The second-order valence-electron chi connectivity index (χ2n) is 5.05. The number of rotatable bonds is 5. The molecule has 1 aromatic heterocycles. The minimum atomic E-state index is 0.247. The summed E-state index contributed by atoms with van der Waals surface area (Å²) in [6.07, 6.45) is 1.53. The van der Waals surface area contributed by atoms with Crippen LogP contribution in [0.4, 0.5) is 5.88 Å². The first kappa shape index (κ1) is 15.1. The van der Waals surface area contributed by atoms with E-state index in [-0.39, 0.29) is 6.61 Å². The molecule has 2 heterocycles. The van der Waals surface area contributed by atoms with E-state index in [1.807, 2.05) is 30.3 Å². The summed E-state index contributed by atoms with van der Waals surface area (Å²) in [5.41, 5.74) is 1.40. The molecular formula is C17H17N3O3. The smallest absolute Gasteiger partial charge is 0.196 e. The summed E-state index contributed by atoms with van der Waals surface area (Å²) >= 11 is 0. The first-order chi connectivity index (χ1) is 11.4. The van der Waals surface area contributed by atoms with Crippen molar-refractivity contribution in [3.63, 3.8) is 0 Å². The van der Waals surface area contributed by atoms with E-state index in [0.717, 1.165) is 24.5 Å². The quantitative estimate of drug-likeness (QED) is 0.627. The average Bonchev–Trinajstić information content (AvgIpc) is 3.09. The first-order valence-corrected chi connectivity index (χ1v) is 7.42. The maximum atomic E-state index is 9.01. The lowest BCUT2D eigenvalue weighted by Gasteiger charge is -2.26. The molecule has 118 valence electrons. The Balaban J connectivity index is 1.54. The molecule has 6 heteroatoms. The Labute approximate surface area is 134 Å². The Morgan fingerprint density at radius 2 is 2.04 bits per heavy atom. The zero-order valence-electron chi connectivity index (χ0n) is 12.6. The monoisotopic (exact) mass is 311 g/mol. The van der Waals surface area contributed by atoms with Crippen molar-refractivity contribution in [1.82, 2.24) is 0 Å². The minimum absolute atomic E-state index is 0.247. The molecule has 0 amide bonds. The van der Waals surface area contributed by atoms with Crippen LogP contribution in [0.3, 0.4) is 0 Å². The second-order valence-corrected chi connectivity index (χ2v) is 5.05. The van der Waals surface area contributed by atoms with Crippen LogP contribution in [0.5, 0.6) is 0 Å². The number of morpholine rings is 1. The molecule has 3 rings (SSSR count). The van der Waals surface area contributed by atoms with Crippen molar-refractivity contribution in [3.05, 3.63) is 53.3 Å². The SMILES string of the molecule is N#Cc1ccccc1CO/N=C\c1ccc(N2CCOCC2)o1. The van der Waals surface area contributed by atoms with Crippen LogP contribution in [-0.2, 0) is 16.2 Å². The molecule has 0 spiro atoms. The van der Waals surface area contributed by atoms with Crippen LogP contribution in [0.25, 0.3) is 0 Å². The summed E-state index contributed by atoms with van der Waals surface area (Å²) < 4.78 is 11.0. The number of nitriles is 1. The van der Waals surface area contributed by atoms with E-state index in [1.165, 1.54) is 6.21 Å². The molecule has 6 nitrogen and oxygen atoms in total. The van der Waals surface area contributed by atoms with Gasteiger partial charge in [-0.2, -0.15) is 5.26 Å². The predicted molar refractivity (Wildman–Crippen MR) is 85.3 cm³/mol. The third-order valence-electron chi connectivity index (χ3n) is 3.55. The van der Waals surface area contributed by atoms with Crippen LogP contribution in [-0.4, -0.2) is 32.5 Å². The third-order valence-corrected chi connectivity index (χ3v) is 3.55. The van der Waals surface area contributed by atoms with Gasteiger partial charge in [0.15, 0.2) is 11.6 Å². The van der Waals surface area contributed by atoms with Gasteiger partial charge >= 0.3 is 0 Å². The van der Waals surface area contributed by atoms with Crippen molar-refractivity contribution < 1.29 is 14.0 Å². The lowest BCUT2D eigenvalue weighted by atomic mass is 10.1.